The van der Waals surface area contributed by atoms with Gasteiger partial charge in [-0.1, -0.05) is 0 Å². The minimum atomic E-state index is -0.508. The number of anilines is 1. The van der Waals surface area contributed by atoms with E-state index in [0.29, 0.717) is 37.7 Å². The van der Waals surface area contributed by atoms with Gasteiger partial charge in [0.15, 0.2) is 11.5 Å². The highest BCUT2D eigenvalue weighted by molar-refractivity contribution is 5.97. The molecule has 0 spiro atoms. The van der Waals surface area contributed by atoms with E-state index in [2.05, 4.69) is 15.3 Å². The summed E-state index contributed by atoms with van der Waals surface area (Å²) >= 11 is 0. The summed E-state index contributed by atoms with van der Waals surface area (Å²) in [7, 11) is 0. The lowest BCUT2D eigenvalue weighted by Gasteiger charge is -2.36. The van der Waals surface area contributed by atoms with Gasteiger partial charge in [-0.25, -0.2) is 14.8 Å². The first-order valence-corrected chi connectivity index (χ1v) is 9.18. The van der Waals surface area contributed by atoms with Crippen molar-refractivity contribution in [3.8, 4) is 0 Å². The number of nitrogens with one attached hydrogen (secondary N) is 1. The average molecular weight is 361 g/mol. The largest absolute Gasteiger partial charge is 0.444 e. The van der Waals surface area contributed by atoms with Crippen molar-refractivity contribution in [1.82, 2.24) is 20.2 Å². The molecule has 26 heavy (non-hydrogen) atoms. The van der Waals surface area contributed by atoms with Crippen molar-refractivity contribution in [2.24, 2.45) is 0 Å². The second-order valence-corrected chi connectivity index (χ2v) is 7.78. The standard InChI is InChI=1S/C18H27N5O3/c1-18(2,3)26-17(25)23-11-9-22(10-12-23)15-14(19-7-8-20-15)16(24)21-13-5-4-6-13/h7-8,13H,4-6,9-12H2,1-3H3,(H,21,24). The SMILES string of the molecule is CC(C)(C)OC(=O)N1CCN(c2nccnc2C(=O)NC2CCC2)CC1. The van der Waals surface area contributed by atoms with Gasteiger partial charge >= 0.3 is 6.09 Å². The lowest BCUT2D eigenvalue weighted by molar-refractivity contribution is 0.0240. The summed E-state index contributed by atoms with van der Waals surface area (Å²) in [5.74, 6) is 0.403. The van der Waals surface area contributed by atoms with Crippen LogP contribution in [0.4, 0.5) is 10.6 Å². The summed E-state index contributed by atoms with van der Waals surface area (Å²) < 4.78 is 5.42. The number of ether oxygens (including phenoxy) is 1. The predicted octanol–water partition coefficient (Wildman–Crippen LogP) is 1.82. The molecular formula is C18H27N5O3. The van der Waals surface area contributed by atoms with Gasteiger partial charge in [-0.05, 0) is 40.0 Å². The fraction of sp³-hybridized carbons (Fsp3) is 0.667. The molecule has 1 aromatic rings. The van der Waals surface area contributed by atoms with E-state index in [4.69, 9.17) is 4.74 Å². The van der Waals surface area contributed by atoms with E-state index in [9.17, 15) is 9.59 Å². The molecule has 1 aliphatic carbocycles. The molecule has 2 amide bonds. The Kier molecular flexibility index (Phi) is 5.29. The summed E-state index contributed by atoms with van der Waals surface area (Å²) in [5, 5.41) is 3.01. The van der Waals surface area contributed by atoms with Crippen molar-refractivity contribution in [3.05, 3.63) is 18.1 Å². The number of carbonyl (C=O) groups is 2. The van der Waals surface area contributed by atoms with Gasteiger partial charge in [-0.15, -0.1) is 0 Å². The van der Waals surface area contributed by atoms with E-state index < -0.39 is 5.60 Å². The predicted molar refractivity (Wildman–Crippen MR) is 97.2 cm³/mol. The Balaban J connectivity index is 1.62. The molecule has 2 fully saturated rings. The first-order chi connectivity index (χ1) is 12.3. The fourth-order valence-electron chi connectivity index (χ4n) is 2.96. The van der Waals surface area contributed by atoms with Gasteiger partial charge in [-0.2, -0.15) is 0 Å². The zero-order valence-corrected chi connectivity index (χ0v) is 15.7. The second kappa shape index (κ2) is 7.47. The Hall–Kier alpha value is -2.38. The maximum absolute atomic E-state index is 12.5. The second-order valence-electron chi connectivity index (χ2n) is 7.78. The van der Waals surface area contributed by atoms with Gasteiger partial charge in [0.2, 0.25) is 0 Å². The number of aromatic nitrogens is 2. The van der Waals surface area contributed by atoms with Gasteiger partial charge in [0, 0.05) is 44.6 Å². The van der Waals surface area contributed by atoms with E-state index in [-0.39, 0.29) is 18.0 Å². The van der Waals surface area contributed by atoms with Crippen LogP contribution in [-0.2, 0) is 4.74 Å². The molecule has 0 bridgehead atoms. The molecule has 1 saturated heterocycles. The van der Waals surface area contributed by atoms with E-state index in [1.165, 1.54) is 6.20 Å². The van der Waals surface area contributed by atoms with Gasteiger partial charge in [0.25, 0.3) is 5.91 Å². The maximum atomic E-state index is 12.5. The van der Waals surface area contributed by atoms with Crippen molar-refractivity contribution < 1.29 is 14.3 Å². The third kappa shape index (κ3) is 4.42. The molecule has 8 heteroatoms. The fourth-order valence-corrected chi connectivity index (χ4v) is 2.96. The van der Waals surface area contributed by atoms with Crippen LogP contribution in [-0.4, -0.2) is 64.7 Å². The van der Waals surface area contributed by atoms with Crippen LogP contribution in [0.5, 0.6) is 0 Å². The highest BCUT2D eigenvalue weighted by Crippen LogP contribution is 2.21. The zero-order chi connectivity index (χ0) is 18.7. The molecule has 1 saturated carbocycles. The van der Waals surface area contributed by atoms with E-state index in [0.717, 1.165) is 19.3 Å². The van der Waals surface area contributed by atoms with Crippen molar-refractivity contribution in [3.63, 3.8) is 0 Å². The summed E-state index contributed by atoms with van der Waals surface area (Å²) in [6.45, 7) is 7.78. The van der Waals surface area contributed by atoms with Gasteiger partial charge in [0.05, 0.1) is 0 Å². The number of hydrogen-bond donors (Lipinski definition) is 1. The Morgan fingerprint density at radius 3 is 2.35 bits per heavy atom. The van der Waals surface area contributed by atoms with Crippen LogP contribution in [0, 0.1) is 0 Å². The van der Waals surface area contributed by atoms with Gasteiger partial charge in [-0.3, -0.25) is 4.79 Å². The molecule has 2 aliphatic rings. The van der Waals surface area contributed by atoms with E-state index >= 15 is 0 Å². The minimum Gasteiger partial charge on any atom is -0.444 e. The van der Waals surface area contributed by atoms with Crippen LogP contribution in [0.15, 0.2) is 12.4 Å². The lowest BCUT2D eigenvalue weighted by Crippen LogP contribution is -2.51. The summed E-state index contributed by atoms with van der Waals surface area (Å²) in [4.78, 5) is 37.0. The average Bonchev–Trinajstić information content (AvgIpc) is 2.56. The number of hydrogen-bond acceptors (Lipinski definition) is 6. The van der Waals surface area contributed by atoms with Crippen LogP contribution in [0.25, 0.3) is 0 Å². The quantitative estimate of drug-likeness (QED) is 0.883. The normalized spacial score (nSPS) is 18.3. The van der Waals surface area contributed by atoms with Crippen molar-refractivity contribution in [2.45, 2.75) is 51.7 Å². The summed E-state index contributed by atoms with van der Waals surface area (Å²) in [5.41, 5.74) is -0.156. The van der Waals surface area contributed by atoms with E-state index in [1.807, 2.05) is 25.7 Å². The van der Waals surface area contributed by atoms with Crippen molar-refractivity contribution in [1.29, 1.82) is 0 Å². The van der Waals surface area contributed by atoms with Crippen LogP contribution in [0.3, 0.4) is 0 Å². The topological polar surface area (TPSA) is 87.7 Å². The minimum absolute atomic E-state index is 0.174. The Labute approximate surface area is 153 Å². The van der Waals surface area contributed by atoms with Gasteiger partial charge < -0.3 is 19.9 Å². The molecular weight excluding hydrogens is 334 g/mol. The monoisotopic (exact) mass is 361 g/mol. The van der Waals surface area contributed by atoms with Crippen molar-refractivity contribution in [2.75, 3.05) is 31.1 Å². The molecule has 1 aliphatic heterocycles. The number of carbonyl (C=O) groups excluding carboxylic acids is 2. The first-order valence-electron chi connectivity index (χ1n) is 9.18. The highest BCUT2D eigenvalue weighted by atomic mass is 16.6. The van der Waals surface area contributed by atoms with Crippen LogP contribution in [0.2, 0.25) is 0 Å². The lowest BCUT2D eigenvalue weighted by atomic mass is 9.93. The molecule has 0 unspecified atom stereocenters. The van der Waals surface area contributed by atoms with Crippen molar-refractivity contribution >= 4 is 17.8 Å². The molecule has 1 N–H and O–H groups in total. The number of amides is 2. The summed E-state index contributed by atoms with van der Waals surface area (Å²) in [6, 6.07) is 0.251. The number of nitrogens with zero attached hydrogens (tertiary/aromatic N) is 4. The Morgan fingerprint density at radius 2 is 1.77 bits per heavy atom. The van der Waals surface area contributed by atoms with E-state index in [1.54, 1.807) is 11.1 Å². The maximum Gasteiger partial charge on any atom is 0.410 e. The molecule has 8 nitrogen and oxygen atoms in total. The third-order valence-corrected chi connectivity index (χ3v) is 4.57. The molecule has 142 valence electrons. The molecule has 3 rings (SSSR count). The highest BCUT2D eigenvalue weighted by Gasteiger charge is 2.29. The molecule has 0 atom stereocenters. The number of piperazine rings is 1. The first kappa shape index (κ1) is 18.4. The molecule has 0 aromatic carbocycles. The number of rotatable bonds is 3. The zero-order valence-electron chi connectivity index (χ0n) is 15.7. The smallest absolute Gasteiger partial charge is 0.410 e. The summed E-state index contributed by atoms with van der Waals surface area (Å²) in [6.07, 6.45) is 6.03. The van der Waals surface area contributed by atoms with Crippen LogP contribution in [0.1, 0.15) is 50.5 Å². The third-order valence-electron chi connectivity index (χ3n) is 4.57. The molecule has 1 aromatic heterocycles. The Bertz CT molecular complexity index is 661. The molecule has 2 heterocycles. The van der Waals surface area contributed by atoms with Crippen LogP contribution < -0.4 is 10.2 Å². The molecule has 0 radical (unpaired) electrons. The van der Waals surface area contributed by atoms with Crippen LogP contribution >= 0.6 is 0 Å². The Morgan fingerprint density at radius 1 is 1.12 bits per heavy atom. The van der Waals surface area contributed by atoms with Gasteiger partial charge in [0.1, 0.15) is 5.60 Å².